The number of benzene rings is 1. The van der Waals surface area contributed by atoms with Gasteiger partial charge in [-0.15, -0.1) is 0 Å². The van der Waals surface area contributed by atoms with Crippen molar-refractivity contribution in [2.75, 3.05) is 6.54 Å². The lowest BCUT2D eigenvalue weighted by atomic mass is 9.69. The topological polar surface area (TPSA) is 58.2 Å². The Balaban J connectivity index is 1.94. The molecule has 0 radical (unpaired) electrons. The summed E-state index contributed by atoms with van der Waals surface area (Å²) >= 11 is 0. The van der Waals surface area contributed by atoms with Gasteiger partial charge in [-0.1, -0.05) is 37.6 Å². The molecule has 0 bridgehead atoms. The van der Waals surface area contributed by atoms with Gasteiger partial charge in [0.15, 0.2) is 0 Å². The van der Waals surface area contributed by atoms with Crippen molar-refractivity contribution in [1.82, 2.24) is 10.6 Å². The van der Waals surface area contributed by atoms with Gasteiger partial charge in [0, 0.05) is 26.4 Å². The fraction of sp³-hybridized carbons (Fsp3) is 0.545. The second-order valence-corrected chi connectivity index (χ2v) is 7.96. The highest BCUT2D eigenvalue weighted by molar-refractivity contribution is 5.76. The van der Waals surface area contributed by atoms with Crippen molar-refractivity contribution < 1.29 is 14.0 Å². The molecule has 3 atom stereocenters. The van der Waals surface area contributed by atoms with Gasteiger partial charge in [0.25, 0.3) is 0 Å². The molecule has 0 fully saturated rings. The quantitative estimate of drug-likeness (QED) is 0.713. The standard InChI is InChI=1S/C22H31FN2O2/c1-14(2)21-10-18(15(3)9-19(21)13-24-16(4)26)11-22(27)25-12-17-5-7-20(23)8-6-17/h5-9,14,18-19,21H,10-13H2,1-4H3,(H,24,26)(H,25,27). The molecule has 2 rings (SSSR count). The Labute approximate surface area is 161 Å². The van der Waals surface area contributed by atoms with Crippen LogP contribution in [-0.4, -0.2) is 18.4 Å². The zero-order chi connectivity index (χ0) is 20.0. The number of nitrogens with one attached hydrogen (secondary N) is 2. The number of carbonyl (C=O) groups excluding carboxylic acids is 2. The minimum Gasteiger partial charge on any atom is -0.356 e. The van der Waals surface area contributed by atoms with Gasteiger partial charge in [0.1, 0.15) is 5.82 Å². The SMILES string of the molecule is CC(=O)NCC1C=C(C)C(CC(=O)NCc2ccc(F)cc2)CC1C(C)C. The second-order valence-electron chi connectivity index (χ2n) is 7.96. The Morgan fingerprint density at radius 3 is 2.44 bits per heavy atom. The van der Waals surface area contributed by atoms with Crippen LogP contribution in [0.5, 0.6) is 0 Å². The average molecular weight is 375 g/mol. The molecular formula is C22H31FN2O2. The molecule has 0 spiro atoms. The van der Waals surface area contributed by atoms with Crippen molar-refractivity contribution in [3.05, 3.63) is 47.3 Å². The molecule has 0 aliphatic heterocycles. The monoisotopic (exact) mass is 374 g/mol. The summed E-state index contributed by atoms with van der Waals surface area (Å²) in [5, 5.41) is 5.87. The van der Waals surface area contributed by atoms with Crippen LogP contribution in [0.1, 0.15) is 46.1 Å². The molecule has 0 saturated carbocycles. The van der Waals surface area contributed by atoms with Crippen molar-refractivity contribution in [2.45, 2.75) is 47.1 Å². The van der Waals surface area contributed by atoms with Crippen LogP contribution in [0.4, 0.5) is 4.39 Å². The van der Waals surface area contributed by atoms with E-state index in [0.29, 0.717) is 37.3 Å². The summed E-state index contributed by atoms with van der Waals surface area (Å²) in [5.74, 6) is 1.19. The summed E-state index contributed by atoms with van der Waals surface area (Å²) < 4.78 is 13.0. The van der Waals surface area contributed by atoms with E-state index in [-0.39, 0.29) is 23.5 Å². The Kier molecular flexibility index (Phi) is 7.57. The van der Waals surface area contributed by atoms with Crippen LogP contribution < -0.4 is 10.6 Å². The van der Waals surface area contributed by atoms with Gasteiger partial charge in [-0.05, 0) is 54.7 Å². The number of carbonyl (C=O) groups is 2. The highest BCUT2D eigenvalue weighted by Crippen LogP contribution is 2.38. The molecule has 1 aliphatic rings. The Bertz CT molecular complexity index is 682. The van der Waals surface area contributed by atoms with Crippen molar-refractivity contribution in [2.24, 2.45) is 23.7 Å². The third-order valence-electron chi connectivity index (χ3n) is 5.51. The maximum Gasteiger partial charge on any atom is 0.220 e. The zero-order valence-corrected chi connectivity index (χ0v) is 16.7. The van der Waals surface area contributed by atoms with Crippen LogP contribution in [0.3, 0.4) is 0 Å². The van der Waals surface area contributed by atoms with E-state index in [1.807, 2.05) is 0 Å². The van der Waals surface area contributed by atoms with Crippen molar-refractivity contribution >= 4 is 11.8 Å². The number of hydrogen-bond acceptors (Lipinski definition) is 2. The third-order valence-corrected chi connectivity index (χ3v) is 5.51. The van der Waals surface area contributed by atoms with E-state index >= 15 is 0 Å². The molecule has 1 aromatic carbocycles. The number of hydrogen-bond donors (Lipinski definition) is 2. The molecule has 1 aliphatic carbocycles. The number of amides is 2. The normalized spacial score (nSPS) is 22.3. The van der Waals surface area contributed by atoms with E-state index in [1.165, 1.54) is 24.6 Å². The molecule has 4 nitrogen and oxygen atoms in total. The molecule has 5 heteroatoms. The first-order valence-electron chi connectivity index (χ1n) is 9.70. The van der Waals surface area contributed by atoms with Crippen LogP contribution in [0.15, 0.2) is 35.9 Å². The van der Waals surface area contributed by atoms with Gasteiger partial charge in [-0.25, -0.2) is 4.39 Å². The summed E-state index contributed by atoms with van der Waals surface area (Å²) in [6, 6.07) is 6.17. The fourth-order valence-corrected chi connectivity index (χ4v) is 3.87. The van der Waals surface area contributed by atoms with Gasteiger partial charge in [0.05, 0.1) is 0 Å². The maximum atomic E-state index is 13.0. The predicted molar refractivity (Wildman–Crippen MR) is 105 cm³/mol. The summed E-state index contributed by atoms with van der Waals surface area (Å²) in [4.78, 5) is 23.7. The lowest BCUT2D eigenvalue weighted by Gasteiger charge is -2.37. The Morgan fingerprint density at radius 1 is 1.19 bits per heavy atom. The highest BCUT2D eigenvalue weighted by atomic mass is 19.1. The van der Waals surface area contributed by atoms with Crippen molar-refractivity contribution in [3.8, 4) is 0 Å². The largest absolute Gasteiger partial charge is 0.356 e. The van der Waals surface area contributed by atoms with E-state index in [4.69, 9.17) is 0 Å². The molecule has 0 heterocycles. The van der Waals surface area contributed by atoms with Gasteiger partial charge < -0.3 is 10.6 Å². The molecule has 0 aromatic heterocycles. The summed E-state index contributed by atoms with van der Waals surface area (Å²) in [6.45, 7) is 9.08. The summed E-state index contributed by atoms with van der Waals surface area (Å²) in [5.41, 5.74) is 2.11. The first-order chi connectivity index (χ1) is 12.8. The smallest absolute Gasteiger partial charge is 0.220 e. The summed E-state index contributed by atoms with van der Waals surface area (Å²) in [7, 11) is 0. The lowest BCUT2D eigenvalue weighted by molar-refractivity contribution is -0.122. The van der Waals surface area contributed by atoms with Crippen LogP contribution in [0.2, 0.25) is 0 Å². The number of halogens is 1. The van der Waals surface area contributed by atoms with E-state index < -0.39 is 0 Å². The minimum absolute atomic E-state index is 0.00847. The van der Waals surface area contributed by atoms with Gasteiger partial charge in [-0.3, -0.25) is 9.59 Å². The zero-order valence-electron chi connectivity index (χ0n) is 16.7. The Hall–Kier alpha value is -2.17. The van der Waals surface area contributed by atoms with E-state index in [9.17, 15) is 14.0 Å². The molecule has 2 amide bonds. The molecule has 148 valence electrons. The molecule has 2 N–H and O–H groups in total. The lowest BCUT2D eigenvalue weighted by Crippen LogP contribution is -2.37. The van der Waals surface area contributed by atoms with Crippen LogP contribution in [0, 0.1) is 29.5 Å². The molecule has 3 unspecified atom stereocenters. The van der Waals surface area contributed by atoms with Gasteiger partial charge in [-0.2, -0.15) is 0 Å². The van der Waals surface area contributed by atoms with Crippen molar-refractivity contribution in [1.29, 1.82) is 0 Å². The first-order valence-corrected chi connectivity index (χ1v) is 9.70. The maximum absolute atomic E-state index is 13.0. The van der Waals surface area contributed by atoms with Crippen LogP contribution in [0.25, 0.3) is 0 Å². The average Bonchev–Trinajstić information content (AvgIpc) is 2.61. The van der Waals surface area contributed by atoms with Gasteiger partial charge in [0.2, 0.25) is 11.8 Å². The minimum atomic E-state index is -0.276. The van der Waals surface area contributed by atoms with Crippen LogP contribution >= 0.6 is 0 Å². The molecule has 27 heavy (non-hydrogen) atoms. The second kappa shape index (κ2) is 9.67. The van der Waals surface area contributed by atoms with E-state index in [0.717, 1.165) is 12.0 Å². The first kappa shape index (κ1) is 21.1. The molecule has 1 aromatic rings. The molecule has 0 saturated heterocycles. The molecular weight excluding hydrogens is 343 g/mol. The summed E-state index contributed by atoms with van der Waals surface area (Å²) in [6.07, 6.45) is 3.65. The van der Waals surface area contributed by atoms with E-state index in [2.05, 4.69) is 37.5 Å². The predicted octanol–water partition coefficient (Wildman–Crippen LogP) is 3.82. The Morgan fingerprint density at radius 2 is 1.85 bits per heavy atom. The van der Waals surface area contributed by atoms with Crippen LogP contribution in [-0.2, 0) is 16.1 Å². The fourth-order valence-electron chi connectivity index (χ4n) is 3.87. The highest BCUT2D eigenvalue weighted by Gasteiger charge is 2.32. The van der Waals surface area contributed by atoms with E-state index in [1.54, 1.807) is 12.1 Å². The number of rotatable bonds is 7. The number of allylic oxidation sites excluding steroid dienone is 1. The third kappa shape index (κ3) is 6.49. The van der Waals surface area contributed by atoms with Crippen molar-refractivity contribution in [3.63, 3.8) is 0 Å². The van der Waals surface area contributed by atoms with Gasteiger partial charge >= 0.3 is 0 Å².